The minimum absolute atomic E-state index is 0.107. The lowest BCUT2D eigenvalue weighted by molar-refractivity contribution is -0.154. The van der Waals surface area contributed by atoms with E-state index in [4.69, 9.17) is 4.74 Å². The predicted octanol–water partition coefficient (Wildman–Crippen LogP) is 6.49. The molecule has 3 fully saturated rings. The lowest BCUT2D eigenvalue weighted by atomic mass is 9.47. The summed E-state index contributed by atoms with van der Waals surface area (Å²) in [4.78, 5) is 24.1. The molecule has 0 aliphatic heterocycles. The second kappa shape index (κ2) is 11.5. The summed E-state index contributed by atoms with van der Waals surface area (Å²) in [6, 6.07) is -0.683. The fourth-order valence-corrected chi connectivity index (χ4v) is 9.67. The summed E-state index contributed by atoms with van der Waals surface area (Å²) in [6.45, 7) is 12.9. The maximum absolute atomic E-state index is 12.7. The number of amides is 1. The van der Waals surface area contributed by atoms with E-state index in [-0.39, 0.29) is 29.1 Å². The highest BCUT2D eigenvalue weighted by atomic mass is 32.1. The Morgan fingerprint density at radius 2 is 1.92 bits per heavy atom. The Hall–Kier alpha value is -1.01. The van der Waals surface area contributed by atoms with Crippen molar-refractivity contribution in [3.63, 3.8) is 0 Å². The maximum Gasteiger partial charge on any atom is 0.329 e. The highest BCUT2D eigenvalue weighted by Gasteiger charge is 2.59. The molecule has 0 unspecified atom stereocenters. The summed E-state index contributed by atoms with van der Waals surface area (Å²) in [5.41, 5.74) is 1.60. The Morgan fingerprint density at radius 3 is 2.58 bits per heavy atom. The van der Waals surface area contributed by atoms with Crippen molar-refractivity contribution in [1.82, 2.24) is 5.32 Å². The lowest BCUT2D eigenvalue weighted by Crippen LogP contribution is -2.51. The number of esters is 1. The highest BCUT2D eigenvalue weighted by Crippen LogP contribution is 2.67. The number of rotatable bonds is 9. The van der Waals surface area contributed by atoms with Crippen LogP contribution in [0.2, 0.25) is 0 Å². The summed E-state index contributed by atoms with van der Waals surface area (Å²) in [5.74, 6) is 3.47. The molecule has 4 aliphatic rings. The summed E-state index contributed by atoms with van der Waals surface area (Å²) >= 11 is 4.23. The molecule has 1 amide bonds. The Morgan fingerprint density at radius 1 is 1.18 bits per heavy atom. The van der Waals surface area contributed by atoms with E-state index in [1.165, 1.54) is 51.0 Å². The van der Waals surface area contributed by atoms with Gasteiger partial charge in [0.1, 0.15) is 12.1 Å². The van der Waals surface area contributed by atoms with E-state index in [9.17, 15) is 14.7 Å². The van der Waals surface area contributed by atoms with Gasteiger partial charge in [-0.15, -0.1) is 0 Å². The molecule has 2 N–H and O–H groups in total. The quantitative estimate of drug-likeness (QED) is 0.175. The van der Waals surface area contributed by atoms with Gasteiger partial charge in [-0.3, -0.25) is 4.79 Å². The van der Waals surface area contributed by atoms with Crippen molar-refractivity contribution in [2.75, 3.05) is 5.75 Å². The van der Waals surface area contributed by atoms with Gasteiger partial charge in [-0.1, -0.05) is 45.3 Å². The second-order valence-electron chi connectivity index (χ2n) is 14.4. The number of hydrogen-bond donors (Lipinski definition) is 3. The van der Waals surface area contributed by atoms with Crippen molar-refractivity contribution in [2.45, 2.75) is 130 Å². The number of hydrogen-bond acceptors (Lipinski definition) is 5. The molecule has 9 atom stereocenters. The van der Waals surface area contributed by atoms with Crippen LogP contribution in [0.3, 0.4) is 0 Å². The minimum atomic E-state index is -0.683. The van der Waals surface area contributed by atoms with Gasteiger partial charge in [0.2, 0.25) is 5.91 Å². The first-order valence-electron chi connectivity index (χ1n) is 15.3. The second-order valence-corrected chi connectivity index (χ2v) is 14.8. The van der Waals surface area contributed by atoms with E-state index in [0.29, 0.717) is 5.41 Å². The van der Waals surface area contributed by atoms with E-state index >= 15 is 0 Å². The average molecular weight is 548 g/mol. The van der Waals surface area contributed by atoms with Gasteiger partial charge >= 0.3 is 5.97 Å². The monoisotopic (exact) mass is 547 g/mol. The van der Waals surface area contributed by atoms with Crippen LogP contribution in [0.1, 0.15) is 112 Å². The molecular formula is C32H53NO4S. The number of ether oxygens (including phenoxy) is 1. The summed E-state index contributed by atoms with van der Waals surface area (Å²) < 4.78 is 5.90. The van der Waals surface area contributed by atoms with Crippen molar-refractivity contribution < 1.29 is 19.4 Å². The van der Waals surface area contributed by atoms with Crippen LogP contribution >= 0.6 is 12.6 Å². The molecule has 0 heterocycles. The highest BCUT2D eigenvalue weighted by molar-refractivity contribution is 7.80. The third kappa shape index (κ3) is 6.01. The smallest absolute Gasteiger partial charge is 0.329 e. The van der Waals surface area contributed by atoms with Crippen LogP contribution in [-0.4, -0.2) is 40.5 Å². The molecule has 4 rings (SSSR count). The van der Waals surface area contributed by atoms with Gasteiger partial charge in [-0.25, -0.2) is 4.79 Å². The van der Waals surface area contributed by atoms with Crippen LogP contribution in [0.25, 0.3) is 0 Å². The number of thiol groups is 1. The Balaban J connectivity index is 1.41. The van der Waals surface area contributed by atoms with Crippen molar-refractivity contribution in [3.05, 3.63) is 11.6 Å². The largest absolute Gasteiger partial charge is 0.460 e. The van der Waals surface area contributed by atoms with Gasteiger partial charge in [0.25, 0.3) is 0 Å². The lowest BCUT2D eigenvalue weighted by Gasteiger charge is -2.58. The molecule has 0 bridgehead atoms. The van der Waals surface area contributed by atoms with Crippen molar-refractivity contribution >= 4 is 24.5 Å². The maximum atomic E-state index is 12.7. The molecule has 3 saturated carbocycles. The Labute approximate surface area is 236 Å². The Bertz CT molecular complexity index is 912. The summed E-state index contributed by atoms with van der Waals surface area (Å²) in [6.07, 6.45) is 15.0. The van der Waals surface area contributed by atoms with Crippen LogP contribution in [0.15, 0.2) is 11.6 Å². The summed E-state index contributed by atoms with van der Waals surface area (Å²) in [5, 5.41) is 12.8. The van der Waals surface area contributed by atoms with Crippen molar-refractivity contribution in [3.8, 4) is 0 Å². The van der Waals surface area contributed by atoms with Gasteiger partial charge < -0.3 is 15.2 Å². The van der Waals surface area contributed by atoms with Crippen LogP contribution in [0, 0.1) is 40.4 Å². The first-order chi connectivity index (χ1) is 17.8. The number of aliphatic hydroxyl groups is 1. The molecule has 38 heavy (non-hydrogen) atoms. The normalized spacial score (nSPS) is 38.2. The first kappa shape index (κ1) is 30.0. The molecule has 0 aromatic carbocycles. The Kier molecular flexibility index (Phi) is 9.04. The van der Waals surface area contributed by atoms with Gasteiger partial charge in [-0.05, 0) is 106 Å². The van der Waals surface area contributed by atoms with Crippen molar-refractivity contribution in [1.29, 1.82) is 0 Å². The van der Waals surface area contributed by atoms with E-state index in [2.05, 4.69) is 44.8 Å². The predicted molar refractivity (Wildman–Crippen MR) is 156 cm³/mol. The number of nitrogens with one attached hydrogen (secondary N) is 1. The van der Waals surface area contributed by atoms with Crippen LogP contribution in [0.4, 0.5) is 0 Å². The molecule has 0 radical (unpaired) electrons. The molecule has 216 valence electrons. The van der Waals surface area contributed by atoms with E-state index in [1.54, 1.807) is 0 Å². The van der Waals surface area contributed by atoms with Crippen LogP contribution in [-0.2, 0) is 14.3 Å². The fraction of sp³-hybridized carbons (Fsp3) is 0.875. The van der Waals surface area contributed by atoms with E-state index in [0.717, 1.165) is 61.7 Å². The number of carbonyl (C=O) groups excluding carboxylic acids is 2. The third-order valence-corrected chi connectivity index (χ3v) is 11.8. The molecule has 0 aromatic rings. The van der Waals surface area contributed by atoms with E-state index in [1.807, 2.05) is 13.8 Å². The molecule has 0 saturated heterocycles. The molecule has 4 aliphatic carbocycles. The number of fused-ring (bicyclic) bond motifs is 5. The van der Waals surface area contributed by atoms with Crippen LogP contribution < -0.4 is 5.32 Å². The van der Waals surface area contributed by atoms with E-state index < -0.39 is 11.6 Å². The zero-order chi connectivity index (χ0) is 27.9. The van der Waals surface area contributed by atoms with Gasteiger partial charge in [0.15, 0.2) is 0 Å². The number of carbonyl (C=O) groups is 2. The van der Waals surface area contributed by atoms with Gasteiger partial charge in [0.05, 0.1) is 5.60 Å². The SMILES string of the molecule is CC(=O)N[C@@H](CS)C(=O)O[C@H]1CC[C@@]2(C)C(=CC[C@H]3[C@@H]4CC[C@H]([C@H](C)CCCC(C)(C)O)[C@@]4(C)CC[C@@H]32)C1. The molecular weight excluding hydrogens is 494 g/mol. The van der Waals surface area contributed by atoms with Crippen LogP contribution in [0.5, 0.6) is 0 Å². The summed E-state index contributed by atoms with van der Waals surface area (Å²) in [7, 11) is 0. The zero-order valence-corrected chi connectivity index (χ0v) is 25.6. The van der Waals surface area contributed by atoms with Crippen molar-refractivity contribution in [2.24, 2.45) is 40.4 Å². The fourth-order valence-electron chi connectivity index (χ4n) is 9.43. The third-order valence-electron chi connectivity index (χ3n) is 11.4. The topological polar surface area (TPSA) is 75.6 Å². The molecule has 0 aromatic heterocycles. The molecule has 5 nitrogen and oxygen atoms in total. The zero-order valence-electron chi connectivity index (χ0n) is 24.7. The minimum Gasteiger partial charge on any atom is -0.460 e. The first-order valence-corrected chi connectivity index (χ1v) is 15.9. The molecule has 6 heteroatoms. The molecule has 0 spiro atoms. The average Bonchev–Trinajstić information content (AvgIpc) is 3.19. The standard InChI is InChI=1S/C32H53NO4S/c1-20(8-7-15-30(3,4)36)25-11-12-26-24-10-9-22-18-23(37-29(35)28(19-38)33-21(2)34)13-16-31(22,5)27(24)14-17-32(25,26)6/h9,20,23-28,36,38H,7-8,10-19H2,1-6H3,(H,33,34)/t20-,23+,24+,25-,26+,27+,28+,31+,32-/m1/s1. The van der Waals surface area contributed by atoms with Gasteiger partial charge in [0, 0.05) is 19.1 Å². The van der Waals surface area contributed by atoms with Gasteiger partial charge in [-0.2, -0.15) is 12.6 Å². The number of allylic oxidation sites excluding steroid dienone is 1.